The molecule has 174 valence electrons. The topological polar surface area (TPSA) is 78.3 Å². The van der Waals surface area contributed by atoms with Crippen LogP contribution in [0.3, 0.4) is 0 Å². The van der Waals surface area contributed by atoms with E-state index in [1.54, 1.807) is 29.3 Å². The predicted molar refractivity (Wildman–Crippen MR) is 120 cm³/mol. The molecule has 8 heteroatoms. The summed E-state index contributed by atoms with van der Waals surface area (Å²) in [6.07, 6.45) is 6.36. The lowest BCUT2D eigenvalue weighted by molar-refractivity contribution is -0.138. The van der Waals surface area contributed by atoms with Crippen molar-refractivity contribution in [2.24, 2.45) is 0 Å². The van der Waals surface area contributed by atoms with E-state index in [0.717, 1.165) is 37.8 Å². The summed E-state index contributed by atoms with van der Waals surface area (Å²) in [5, 5.41) is 12.4. The summed E-state index contributed by atoms with van der Waals surface area (Å²) in [6, 6.07) is 8.56. The largest absolute Gasteiger partial charge is 0.480 e. The Bertz CT molecular complexity index is 851. The average Bonchev–Trinajstić information content (AvgIpc) is 2.79. The number of halogens is 2. The number of pyridine rings is 2. The van der Waals surface area contributed by atoms with Gasteiger partial charge in [-0.1, -0.05) is 12.1 Å². The Kier molecular flexibility index (Phi) is 9.34. The number of aromatic nitrogens is 2. The molecule has 0 radical (unpaired) electrons. The van der Waals surface area contributed by atoms with Crippen LogP contribution in [0.15, 0.2) is 36.5 Å². The van der Waals surface area contributed by atoms with Crippen LogP contribution < -0.4 is 5.32 Å². The molecule has 1 aliphatic carbocycles. The Morgan fingerprint density at radius 1 is 1.12 bits per heavy atom. The molecule has 0 aliphatic heterocycles. The number of aryl methyl sites for hydroxylation is 3. The van der Waals surface area contributed by atoms with Gasteiger partial charge in [0.25, 0.3) is 6.43 Å². The van der Waals surface area contributed by atoms with Crippen LogP contribution in [0.4, 0.5) is 14.6 Å². The highest BCUT2D eigenvalue weighted by Crippen LogP contribution is 2.20. The predicted octanol–water partition coefficient (Wildman–Crippen LogP) is 4.20. The van der Waals surface area contributed by atoms with E-state index in [4.69, 9.17) is 4.98 Å². The van der Waals surface area contributed by atoms with Gasteiger partial charge < -0.3 is 10.4 Å². The first-order valence-corrected chi connectivity index (χ1v) is 11.4. The number of carbonyl (C=O) groups is 1. The van der Waals surface area contributed by atoms with Crippen LogP contribution in [0, 0.1) is 0 Å². The van der Waals surface area contributed by atoms with Gasteiger partial charge in [0, 0.05) is 24.1 Å². The fourth-order valence-electron chi connectivity index (χ4n) is 4.09. The van der Waals surface area contributed by atoms with Gasteiger partial charge in [-0.05, 0) is 81.7 Å². The number of anilines is 1. The lowest BCUT2D eigenvalue weighted by Gasteiger charge is -2.24. The van der Waals surface area contributed by atoms with Gasteiger partial charge in [0.2, 0.25) is 0 Å². The summed E-state index contributed by atoms with van der Waals surface area (Å²) in [5.41, 5.74) is 3.64. The number of hydrogen-bond acceptors (Lipinski definition) is 5. The third-order valence-electron chi connectivity index (χ3n) is 5.81. The lowest BCUT2D eigenvalue weighted by atomic mass is 9.95. The molecule has 0 unspecified atom stereocenters. The molecule has 2 aromatic heterocycles. The minimum absolute atomic E-state index is 0.213. The first kappa shape index (κ1) is 24.0. The molecule has 0 aromatic carbocycles. The van der Waals surface area contributed by atoms with Crippen molar-refractivity contribution in [2.75, 3.05) is 25.0 Å². The van der Waals surface area contributed by atoms with Crippen LogP contribution in [0.5, 0.6) is 0 Å². The smallest absolute Gasteiger partial charge is 0.326 e. The van der Waals surface area contributed by atoms with E-state index in [0.29, 0.717) is 12.4 Å². The number of nitrogens with one attached hydrogen (secondary N) is 1. The van der Waals surface area contributed by atoms with Crippen LogP contribution >= 0.6 is 0 Å². The maximum absolute atomic E-state index is 13.1. The summed E-state index contributed by atoms with van der Waals surface area (Å²) >= 11 is 0. The van der Waals surface area contributed by atoms with Gasteiger partial charge in [-0.3, -0.25) is 9.88 Å². The second kappa shape index (κ2) is 12.4. The van der Waals surface area contributed by atoms with Crippen molar-refractivity contribution >= 4 is 11.8 Å². The zero-order valence-corrected chi connectivity index (χ0v) is 18.4. The molecule has 0 bridgehead atoms. The monoisotopic (exact) mass is 446 g/mol. The Hall–Kier alpha value is -2.61. The van der Waals surface area contributed by atoms with Crippen LogP contribution in [0.2, 0.25) is 0 Å². The number of rotatable bonds is 13. The molecule has 0 amide bonds. The first-order chi connectivity index (χ1) is 15.5. The van der Waals surface area contributed by atoms with E-state index in [2.05, 4.69) is 22.4 Å². The molecule has 6 nitrogen and oxygen atoms in total. The van der Waals surface area contributed by atoms with Gasteiger partial charge in [-0.25, -0.2) is 18.6 Å². The molecule has 3 rings (SSSR count). The number of nitrogens with zero attached hydrogens (tertiary/aromatic N) is 3. The minimum atomic E-state index is -2.45. The van der Waals surface area contributed by atoms with Crippen LogP contribution in [-0.4, -0.2) is 58.0 Å². The van der Waals surface area contributed by atoms with Gasteiger partial charge in [-0.15, -0.1) is 0 Å². The Morgan fingerprint density at radius 2 is 1.97 bits per heavy atom. The molecule has 2 aromatic rings. The van der Waals surface area contributed by atoms with Gasteiger partial charge in [0.05, 0.1) is 6.54 Å². The van der Waals surface area contributed by atoms with Crippen molar-refractivity contribution in [2.45, 2.75) is 63.8 Å². The normalized spacial score (nSPS) is 14.4. The molecule has 2 N–H and O–H groups in total. The van der Waals surface area contributed by atoms with Crippen LogP contribution in [0.25, 0.3) is 0 Å². The van der Waals surface area contributed by atoms with Crippen molar-refractivity contribution in [3.05, 3.63) is 53.5 Å². The number of aliphatic carboxylic acids is 1. The van der Waals surface area contributed by atoms with Gasteiger partial charge in [0.15, 0.2) is 0 Å². The minimum Gasteiger partial charge on any atom is -0.480 e. The number of alkyl halides is 2. The van der Waals surface area contributed by atoms with Gasteiger partial charge in [0.1, 0.15) is 11.9 Å². The summed E-state index contributed by atoms with van der Waals surface area (Å²) < 4.78 is 26.1. The zero-order valence-electron chi connectivity index (χ0n) is 18.4. The fraction of sp³-hybridized carbons (Fsp3) is 0.542. The highest BCUT2D eigenvalue weighted by molar-refractivity contribution is 5.76. The molecule has 1 aliphatic rings. The third-order valence-corrected chi connectivity index (χ3v) is 5.81. The number of unbranched alkanes of at least 4 members (excludes halogenated alkanes) is 1. The molecule has 0 spiro atoms. The molecule has 1 atom stereocenters. The van der Waals surface area contributed by atoms with Crippen molar-refractivity contribution < 1.29 is 18.7 Å². The number of carboxylic acid groups (broad SMARTS) is 1. The molecule has 0 saturated heterocycles. The molecule has 0 fully saturated rings. The van der Waals surface area contributed by atoms with E-state index < -0.39 is 18.4 Å². The third kappa shape index (κ3) is 7.82. The van der Waals surface area contributed by atoms with Crippen molar-refractivity contribution in [1.82, 2.24) is 14.9 Å². The first-order valence-electron chi connectivity index (χ1n) is 11.4. The molecule has 32 heavy (non-hydrogen) atoms. The standard InChI is InChI=1S/C24H32F2N4O2/c25-22(26)17-30(16-13-21(24(31)32)29-23-10-3-5-14-27-23)15-6-4-8-19-12-11-18-7-1-2-9-20(18)28-19/h3,5,10-12,14,21-22H,1-2,4,6-9,13,15-17H2,(H,27,29)(H,31,32)/t21-/m0/s1. The van der Waals surface area contributed by atoms with Crippen molar-refractivity contribution in [1.29, 1.82) is 0 Å². The SMILES string of the molecule is O=C(O)[C@H](CCN(CCCCc1ccc2c(n1)CCCC2)CC(F)F)Nc1ccccn1. The molecular formula is C24H32F2N4O2. The van der Waals surface area contributed by atoms with Crippen LogP contribution in [-0.2, 0) is 24.1 Å². The highest BCUT2D eigenvalue weighted by atomic mass is 19.3. The zero-order chi connectivity index (χ0) is 22.8. The van der Waals surface area contributed by atoms with Crippen molar-refractivity contribution in [3.63, 3.8) is 0 Å². The average molecular weight is 447 g/mol. The summed E-state index contributed by atoms with van der Waals surface area (Å²) in [5.74, 6) is -0.566. The molecule has 0 saturated carbocycles. The van der Waals surface area contributed by atoms with Crippen LogP contribution in [0.1, 0.15) is 49.1 Å². The molecule has 2 heterocycles. The van der Waals surface area contributed by atoms with E-state index in [1.807, 2.05) is 0 Å². The highest BCUT2D eigenvalue weighted by Gasteiger charge is 2.20. The Morgan fingerprint density at radius 3 is 2.72 bits per heavy atom. The Balaban J connectivity index is 1.46. The number of carboxylic acids is 1. The summed E-state index contributed by atoms with van der Waals surface area (Å²) in [4.78, 5) is 22.1. The van der Waals surface area contributed by atoms with E-state index in [1.165, 1.54) is 24.1 Å². The maximum atomic E-state index is 13.1. The van der Waals surface area contributed by atoms with Crippen molar-refractivity contribution in [3.8, 4) is 0 Å². The number of fused-ring (bicyclic) bond motifs is 1. The van der Waals surface area contributed by atoms with E-state index in [9.17, 15) is 18.7 Å². The second-order valence-corrected chi connectivity index (χ2v) is 8.30. The quantitative estimate of drug-likeness (QED) is 0.449. The Labute approximate surface area is 188 Å². The van der Waals surface area contributed by atoms with E-state index >= 15 is 0 Å². The summed E-state index contributed by atoms with van der Waals surface area (Å²) in [6.45, 7) is 0.427. The second-order valence-electron chi connectivity index (χ2n) is 8.30. The van der Waals surface area contributed by atoms with Gasteiger partial charge in [-0.2, -0.15) is 0 Å². The summed E-state index contributed by atoms with van der Waals surface area (Å²) in [7, 11) is 0. The van der Waals surface area contributed by atoms with E-state index in [-0.39, 0.29) is 19.5 Å². The maximum Gasteiger partial charge on any atom is 0.326 e. The number of hydrogen-bond donors (Lipinski definition) is 2. The lowest BCUT2D eigenvalue weighted by Crippen LogP contribution is -2.37. The van der Waals surface area contributed by atoms with Gasteiger partial charge >= 0.3 is 5.97 Å². The fourth-order valence-corrected chi connectivity index (χ4v) is 4.09. The molecular weight excluding hydrogens is 414 g/mol.